The summed E-state index contributed by atoms with van der Waals surface area (Å²) >= 11 is 3.58. The monoisotopic (exact) mass is 381 g/mol. The quantitative estimate of drug-likeness (QED) is 0.605. The van der Waals surface area contributed by atoms with Crippen LogP contribution in [0.5, 0.6) is 0 Å². The molecule has 0 radical (unpaired) electrons. The van der Waals surface area contributed by atoms with E-state index < -0.39 is 0 Å². The summed E-state index contributed by atoms with van der Waals surface area (Å²) in [5.74, 6) is 3.32. The third-order valence-corrected chi connectivity index (χ3v) is 7.55. The summed E-state index contributed by atoms with van der Waals surface area (Å²) in [6, 6.07) is 14.1. The molecule has 1 heterocycles. The molecule has 2 aliphatic carbocycles. The Morgan fingerprint density at radius 1 is 0.958 bits per heavy atom. The van der Waals surface area contributed by atoms with Crippen molar-refractivity contribution in [2.75, 3.05) is 5.32 Å². The first kappa shape index (κ1) is 15.0. The molecular weight excluding hydrogens is 358 g/mol. The molecule has 5 atom stereocenters. The highest BCUT2D eigenvalue weighted by Gasteiger charge is 2.54. The Hall–Kier alpha value is -1.28. The summed E-state index contributed by atoms with van der Waals surface area (Å²) in [5, 5.41) is 3.94. The molecule has 0 amide bonds. The van der Waals surface area contributed by atoms with E-state index in [0.717, 1.165) is 23.7 Å². The van der Waals surface area contributed by atoms with Crippen molar-refractivity contribution >= 4 is 21.6 Å². The Labute approximate surface area is 153 Å². The maximum Gasteiger partial charge on any atom is 0.0550 e. The number of benzene rings is 2. The maximum atomic E-state index is 3.94. The minimum atomic E-state index is 0.466. The van der Waals surface area contributed by atoms with Crippen LogP contribution in [-0.4, -0.2) is 0 Å². The van der Waals surface area contributed by atoms with E-state index in [-0.39, 0.29) is 0 Å². The van der Waals surface area contributed by atoms with Crippen LogP contribution in [-0.2, 0) is 0 Å². The van der Waals surface area contributed by atoms with Crippen molar-refractivity contribution in [3.05, 3.63) is 63.1 Å². The fraction of sp³-hybridized carbons (Fsp3) is 0.455. The van der Waals surface area contributed by atoms with E-state index in [2.05, 4.69) is 71.5 Å². The number of hydrogen-bond donors (Lipinski definition) is 1. The number of aryl methyl sites for hydroxylation is 1. The van der Waals surface area contributed by atoms with Gasteiger partial charge in [0.05, 0.1) is 6.04 Å². The van der Waals surface area contributed by atoms with Crippen LogP contribution in [0.1, 0.15) is 53.5 Å². The molecule has 2 bridgehead atoms. The summed E-state index contributed by atoms with van der Waals surface area (Å²) in [5.41, 5.74) is 7.45. The number of rotatable bonds is 1. The standard InChI is InChI=1S/C22H24BrN/c1-12-3-10-18-19(13(12)2)20-15-4-5-16(11-15)21(20)22(24-18)14-6-8-17(23)9-7-14/h3,6-10,15-16,20-22,24H,4-5,11H2,1-2H3/t15-,16+,20-,21-,22-/m1/s1. The Morgan fingerprint density at radius 2 is 1.71 bits per heavy atom. The SMILES string of the molecule is Cc1ccc2c(c1C)[C@H]1[C@@H]3CC[C@@H](C3)[C@H]1[C@@H](c1ccc(Br)cc1)N2. The van der Waals surface area contributed by atoms with Gasteiger partial charge in [0, 0.05) is 10.2 Å². The predicted octanol–water partition coefficient (Wildman–Crippen LogP) is 6.36. The first-order chi connectivity index (χ1) is 11.6. The van der Waals surface area contributed by atoms with Crippen molar-refractivity contribution < 1.29 is 0 Å². The van der Waals surface area contributed by atoms with Gasteiger partial charge in [-0.15, -0.1) is 0 Å². The largest absolute Gasteiger partial charge is 0.378 e. The molecule has 3 aliphatic rings. The summed E-state index contributed by atoms with van der Waals surface area (Å²) in [6.45, 7) is 4.59. The molecule has 1 nitrogen and oxygen atoms in total. The number of anilines is 1. The third-order valence-electron chi connectivity index (χ3n) is 7.02. The predicted molar refractivity (Wildman–Crippen MR) is 103 cm³/mol. The van der Waals surface area contributed by atoms with Gasteiger partial charge in [-0.25, -0.2) is 0 Å². The van der Waals surface area contributed by atoms with Crippen molar-refractivity contribution in [2.45, 2.75) is 45.1 Å². The van der Waals surface area contributed by atoms with Gasteiger partial charge in [-0.2, -0.15) is 0 Å². The second kappa shape index (κ2) is 5.36. The second-order valence-corrected chi connectivity index (χ2v) is 8.99. The minimum absolute atomic E-state index is 0.466. The fourth-order valence-electron chi connectivity index (χ4n) is 5.88. The zero-order valence-electron chi connectivity index (χ0n) is 14.4. The highest BCUT2D eigenvalue weighted by Crippen LogP contribution is 2.64. The fourth-order valence-corrected chi connectivity index (χ4v) is 6.14. The average molecular weight is 382 g/mol. The zero-order chi connectivity index (χ0) is 16.4. The minimum Gasteiger partial charge on any atom is -0.378 e. The molecule has 0 aromatic heterocycles. The first-order valence-electron chi connectivity index (χ1n) is 9.25. The number of halogens is 1. The molecule has 0 unspecified atom stereocenters. The Bertz CT molecular complexity index is 794. The molecular formula is C22H24BrN. The number of fused-ring (bicyclic) bond motifs is 7. The van der Waals surface area contributed by atoms with E-state index in [1.54, 1.807) is 5.56 Å². The molecule has 2 aromatic carbocycles. The van der Waals surface area contributed by atoms with Gasteiger partial charge < -0.3 is 5.32 Å². The van der Waals surface area contributed by atoms with Gasteiger partial charge in [0.25, 0.3) is 0 Å². The smallest absolute Gasteiger partial charge is 0.0550 e. The topological polar surface area (TPSA) is 12.0 Å². The summed E-state index contributed by atoms with van der Waals surface area (Å²) < 4.78 is 1.17. The van der Waals surface area contributed by atoms with E-state index in [9.17, 15) is 0 Å². The van der Waals surface area contributed by atoms with Crippen molar-refractivity contribution in [2.24, 2.45) is 17.8 Å². The van der Waals surface area contributed by atoms with Gasteiger partial charge in [-0.1, -0.05) is 34.1 Å². The highest BCUT2D eigenvalue weighted by atomic mass is 79.9. The maximum absolute atomic E-state index is 3.94. The van der Waals surface area contributed by atoms with Crippen LogP contribution in [0, 0.1) is 31.6 Å². The van der Waals surface area contributed by atoms with Crippen LogP contribution >= 0.6 is 15.9 Å². The van der Waals surface area contributed by atoms with Crippen LogP contribution in [0.2, 0.25) is 0 Å². The van der Waals surface area contributed by atoms with E-state index >= 15 is 0 Å². The van der Waals surface area contributed by atoms with Gasteiger partial charge in [0.15, 0.2) is 0 Å². The molecule has 124 valence electrons. The molecule has 2 heteroatoms. The Balaban J connectivity index is 1.66. The van der Waals surface area contributed by atoms with Crippen LogP contribution < -0.4 is 5.32 Å². The number of hydrogen-bond acceptors (Lipinski definition) is 1. The molecule has 0 spiro atoms. The van der Waals surface area contributed by atoms with Gasteiger partial charge in [0.1, 0.15) is 0 Å². The van der Waals surface area contributed by atoms with Gasteiger partial charge in [-0.05, 0) is 97.2 Å². The van der Waals surface area contributed by atoms with Crippen molar-refractivity contribution in [3.8, 4) is 0 Å². The molecule has 0 saturated heterocycles. The second-order valence-electron chi connectivity index (χ2n) is 8.08. The number of nitrogens with one attached hydrogen (secondary N) is 1. The van der Waals surface area contributed by atoms with Gasteiger partial charge in [0.2, 0.25) is 0 Å². The average Bonchev–Trinajstić information content (AvgIpc) is 3.20. The van der Waals surface area contributed by atoms with E-state index in [0.29, 0.717) is 6.04 Å². The molecule has 5 rings (SSSR count). The van der Waals surface area contributed by atoms with E-state index in [4.69, 9.17) is 0 Å². The molecule has 1 aliphatic heterocycles. The third kappa shape index (κ3) is 2.05. The zero-order valence-corrected chi connectivity index (χ0v) is 15.9. The molecule has 2 saturated carbocycles. The van der Waals surface area contributed by atoms with Crippen LogP contribution in [0.15, 0.2) is 40.9 Å². The van der Waals surface area contributed by atoms with E-state index in [1.165, 1.54) is 46.1 Å². The lowest BCUT2D eigenvalue weighted by Gasteiger charge is -2.44. The van der Waals surface area contributed by atoms with Crippen LogP contribution in [0.25, 0.3) is 0 Å². The lowest BCUT2D eigenvalue weighted by atomic mass is 9.67. The normalized spacial score (nSPS) is 33.0. The van der Waals surface area contributed by atoms with Gasteiger partial charge in [-0.3, -0.25) is 0 Å². The van der Waals surface area contributed by atoms with Crippen molar-refractivity contribution in [1.82, 2.24) is 0 Å². The van der Waals surface area contributed by atoms with E-state index in [1.807, 2.05) is 0 Å². The summed E-state index contributed by atoms with van der Waals surface area (Å²) in [4.78, 5) is 0. The van der Waals surface area contributed by atoms with Crippen molar-refractivity contribution in [3.63, 3.8) is 0 Å². The van der Waals surface area contributed by atoms with Crippen molar-refractivity contribution in [1.29, 1.82) is 0 Å². The highest BCUT2D eigenvalue weighted by molar-refractivity contribution is 9.10. The molecule has 2 fully saturated rings. The van der Waals surface area contributed by atoms with Crippen LogP contribution in [0.3, 0.4) is 0 Å². The summed E-state index contributed by atoms with van der Waals surface area (Å²) in [6.07, 6.45) is 4.31. The molecule has 24 heavy (non-hydrogen) atoms. The lowest BCUT2D eigenvalue weighted by Crippen LogP contribution is -2.36. The summed E-state index contributed by atoms with van der Waals surface area (Å²) in [7, 11) is 0. The van der Waals surface area contributed by atoms with Crippen LogP contribution in [0.4, 0.5) is 5.69 Å². The Morgan fingerprint density at radius 3 is 2.50 bits per heavy atom. The first-order valence-corrected chi connectivity index (χ1v) is 10.0. The molecule has 1 N–H and O–H groups in total. The molecule has 2 aromatic rings. The van der Waals surface area contributed by atoms with Gasteiger partial charge >= 0.3 is 0 Å². The lowest BCUT2D eigenvalue weighted by molar-refractivity contribution is 0.247. The Kier molecular flexibility index (Phi) is 3.35.